The van der Waals surface area contributed by atoms with E-state index in [4.69, 9.17) is 62.8 Å². The molecular weight excluding hydrogens is 537 g/mol. The van der Waals surface area contributed by atoms with Crippen LogP contribution in [0.2, 0.25) is 10.0 Å². The van der Waals surface area contributed by atoms with Crippen LogP contribution in [0.5, 0.6) is 11.5 Å². The van der Waals surface area contributed by atoms with Crippen molar-refractivity contribution in [3.8, 4) is 11.5 Å². The van der Waals surface area contributed by atoms with Crippen molar-refractivity contribution in [1.29, 1.82) is 0 Å². The highest BCUT2D eigenvalue weighted by Gasteiger charge is 2.48. The van der Waals surface area contributed by atoms with Crippen LogP contribution in [0, 0.1) is 0 Å². The molecule has 0 radical (unpaired) electrons. The molecule has 0 aliphatic carbocycles. The molecule has 6 N–H and O–H groups in total. The third-order valence-corrected chi connectivity index (χ3v) is 7.68. The maximum atomic E-state index is 9.45. The van der Waals surface area contributed by atoms with E-state index in [1.54, 1.807) is 38.1 Å². The summed E-state index contributed by atoms with van der Waals surface area (Å²) in [7, 11) is -1.20. The number of ether oxygens (including phenoxy) is 2. The van der Waals surface area contributed by atoms with Crippen LogP contribution in [-0.4, -0.2) is 75.2 Å². The molecule has 6 rings (SSSR count). The molecule has 14 heteroatoms. The lowest BCUT2D eigenvalue weighted by molar-refractivity contribution is -0.0266. The first-order valence-electron chi connectivity index (χ1n) is 12.3. The number of hydrogen-bond acceptors (Lipinski definition) is 10. The normalized spacial score (nSPS) is 28.8. The lowest BCUT2D eigenvalue weighted by Crippen LogP contribution is -2.45. The van der Waals surface area contributed by atoms with E-state index < -0.39 is 25.4 Å². The highest BCUT2D eigenvalue weighted by molar-refractivity contribution is 6.65. The first-order valence-corrected chi connectivity index (χ1v) is 13.1. The second-order valence-corrected chi connectivity index (χ2v) is 11.0. The molecule has 0 aromatic heterocycles. The van der Waals surface area contributed by atoms with Gasteiger partial charge in [0.05, 0.1) is 25.4 Å². The van der Waals surface area contributed by atoms with E-state index in [2.05, 4.69) is 0 Å². The van der Waals surface area contributed by atoms with Gasteiger partial charge in [0.15, 0.2) is 0 Å². The van der Waals surface area contributed by atoms with Crippen molar-refractivity contribution in [1.82, 2.24) is 0 Å². The number of benzene rings is 2. The van der Waals surface area contributed by atoms with Gasteiger partial charge in [0.25, 0.3) is 0 Å². The average Bonchev–Trinajstić information content (AvgIpc) is 3.38. The van der Waals surface area contributed by atoms with Crippen LogP contribution in [0.25, 0.3) is 0 Å². The Labute approximate surface area is 231 Å². The molecular formula is C24H30B2Cl2N2O8. The lowest BCUT2D eigenvalue weighted by atomic mass is 9.77. The van der Waals surface area contributed by atoms with E-state index in [9.17, 15) is 10.2 Å². The second-order valence-electron chi connectivity index (χ2n) is 10.2. The smallest absolute Gasteiger partial charge is 0.491 e. The Kier molecular flexibility index (Phi) is 7.93. The third-order valence-electron chi connectivity index (χ3n) is 7.03. The van der Waals surface area contributed by atoms with Crippen molar-refractivity contribution in [3.05, 3.63) is 45.4 Å². The lowest BCUT2D eigenvalue weighted by Gasteiger charge is -2.27. The predicted molar refractivity (Wildman–Crippen MR) is 144 cm³/mol. The van der Waals surface area contributed by atoms with Crippen LogP contribution in [0.3, 0.4) is 0 Å². The molecule has 0 unspecified atom stereocenters. The number of halogens is 2. The number of hydrogen-bond donors (Lipinski definition) is 4. The highest BCUT2D eigenvalue weighted by atomic mass is 35.5. The molecule has 204 valence electrons. The molecule has 0 saturated carbocycles. The van der Waals surface area contributed by atoms with Gasteiger partial charge in [-0.3, -0.25) is 0 Å². The van der Waals surface area contributed by atoms with Crippen molar-refractivity contribution in [2.24, 2.45) is 11.5 Å². The molecule has 10 nitrogen and oxygen atoms in total. The summed E-state index contributed by atoms with van der Waals surface area (Å²) in [6.07, 6.45) is -0.616. The van der Waals surface area contributed by atoms with E-state index in [1.807, 2.05) is 0 Å². The molecule has 4 aliphatic heterocycles. The summed E-state index contributed by atoms with van der Waals surface area (Å²) < 4.78 is 34.8. The average molecular weight is 567 g/mol. The van der Waals surface area contributed by atoms with Crippen LogP contribution >= 0.6 is 23.2 Å². The van der Waals surface area contributed by atoms with Gasteiger partial charge < -0.3 is 49.8 Å². The SMILES string of the molecule is C[C@@]1(CO)COc2ccc(Cl)c3c2B(O[C@@H]3CN)O1.C[C@]1(CO)COc2ccc(Cl)c3c2B(O[C@@H]3CN)O1. The molecule has 4 aliphatic rings. The Morgan fingerprint density at radius 3 is 1.53 bits per heavy atom. The fourth-order valence-corrected chi connectivity index (χ4v) is 5.45. The Bertz CT molecular complexity index is 1120. The number of nitrogens with two attached hydrogens (primary N) is 2. The minimum absolute atomic E-state index is 0.156. The minimum Gasteiger partial charge on any atom is -0.491 e. The monoisotopic (exact) mass is 566 g/mol. The fraction of sp³-hybridized carbons (Fsp3) is 0.500. The van der Waals surface area contributed by atoms with Crippen molar-refractivity contribution in [3.63, 3.8) is 0 Å². The van der Waals surface area contributed by atoms with E-state index in [-0.39, 0.29) is 38.6 Å². The predicted octanol–water partition coefficient (Wildman–Crippen LogP) is 0.450. The molecule has 4 atom stereocenters. The molecule has 0 amide bonds. The quantitative estimate of drug-likeness (QED) is 0.384. The van der Waals surface area contributed by atoms with Gasteiger partial charge in [-0.05, 0) is 38.1 Å². The summed E-state index contributed by atoms with van der Waals surface area (Å²) in [6.45, 7) is 4.38. The summed E-state index contributed by atoms with van der Waals surface area (Å²) in [4.78, 5) is 0. The van der Waals surface area contributed by atoms with Crippen LogP contribution in [0.1, 0.15) is 37.2 Å². The number of aliphatic hydroxyl groups excluding tert-OH is 2. The Morgan fingerprint density at radius 1 is 0.789 bits per heavy atom. The Hall–Kier alpha value is -1.57. The summed E-state index contributed by atoms with van der Waals surface area (Å²) in [5.74, 6) is 1.36. The minimum atomic E-state index is -0.809. The van der Waals surface area contributed by atoms with E-state index in [1.165, 1.54) is 0 Å². The Balaban J connectivity index is 0.000000155. The van der Waals surface area contributed by atoms with Crippen molar-refractivity contribution in [2.45, 2.75) is 37.3 Å². The third kappa shape index (κ3) is 4.92. The maximum absolute atomic E-state index is 9.45. The summed E-state index contributed by atoms with van der Waals surface area (Å²) in [5, 5.41) is 20.1. The molecule has 0 fully saturated rings. The fourth-order valence-electron chi connectivity index (χ4n) is 4.87. The standard InChI is InChI=1S/2C12H15BClNO4/c2*1-12(5-16)6-17-8-3-2-7(14)10-9(4-15)18-13(19-12)11(8)10/h2*2-3,9,16H,4-6,15H2,1H3/t9-,12+;9-,12-/m11/s1. The molecule has 0 saturated heterocycles. The molecule has 0 bridgehead atoms. The maximum Gasteiger partial charge on any atom is 0.499 e. The van der Waals surface area contributed by atoms with Crippen LogP contribution < -0.4 is 31.9 Å². The molecule has 2 aromatic rings. The Morgan fingerprint density at radius 2 is 1.18 bits per heavy atom. The van der Waals surface area contributed by atoms with E-state index in [0.717, 1.165) is 22.1 Å². The first-order chi connectivity index (χ1) is 18.2. The molecule has 0 spiro atoms. The zero-order chi connectivity index (χ0) is 27.2. The first kappa shape index (κ1) is 28.0. The van der Waals surface area contributed by atoms with Crippen molar-refractivity contribution < 1.29 is 38.3 Å². The van der Waals surface area contributed by atoms with E-state index >= 15 is 0 Å². The molecule has 2 aromatic carbocycles. The van der Waals surface area contributed by atoms with Crippen LogP contribution in [0.4, 0.5) is 0 Å². The van der Waals surface area contributed by atoms with Crippen molar-refractivity contribution >= 4 is 48.4 Å². The van der Waals surface area contributed by atoms with Crippen molar-refractivity contribution in [2.75, 3.05) is 39.5 Å². The highest BCUT2D eigenvalue weighted by Crippen LogP contribution is 2.38. The van der Waals surface area contributed by atoms with Crippen LogP contribution in [-0.2, 0) is 18.6 Å². The van der Waals surface area contributed by atoms with Gasteiger partial charge in [-0.2, -0.15) is 0 Å². The summed E-state index contributed by atoms with van der Waals surface area (Å²) in [5.41, 5.74) is 13.1. The molecule has 4 heterocycles. The van der Waals surface area contributed by atoms with E-state index in [0.29, 0.717) is 34.6 Å². The largest absolute Gasteiger partial charge is 0.499 e. The van der Waals surface area contributed by atoms with Gasteiger partial charge in [0.2, 0.25) is 0 Å². The van der Waals surface area contributed by atoms with Gasteiger partial charge in [-0.25, -0.2) is 0 Å². The number of rotatable bonds is 4. The van der Waals surface area contributed by atoms with Crippen LogP contribution in [0.15, 0.2) is 24.3 Å². The van der Waals surface area contributed by atoms with Gasteiger partial charge in [0.1, 0.15) is 35.9 Å². The summed E-state index contributed by atoms with van der Waals surface area (Å²) >= 11 is 12.4. The zero-order valence-corrected chi connectivity index (χ0v) is 22.6. The van der Waals surface area contributed by atoms with Gasteiger partial charge in [-0.15, -0.1) is 0 Å². The van der Waals surface area contributed by atoms with Gasteiger partial charge in [-0.1, -0.05) is 23.2 Å². The summed E-state index contributed by atoms with van der Waals surface area (Å²) in [6, 6.07) is 7.13. The number of aliphatic hydroxyl groups is 2. The van der Waals surface area contributed by atoms with Gasteiger partial charge in [0, 0.05) is 45.2 Å². The molecule has 38 heavy (non-hydrogen) atoms. The second kappa shape index (κ2) is 10.8. The topological polar surface area (TPSA) is 148 Å². The zero-order valence-electron chi connectivity index (χ0n) is 21.1. The van der Waals surface area contributed by atoms with Gasteiger partial charge >= 0.3 is 14.2 Å².